The molecule has 18 heavy (non-hydrogen) atoms. The van der Waals surface area contributed by atoms with Gasteiger partial charge in [-0.05, 0) is 13.0 Å². The van der Waals surface area contributed by atoms with Crippen molar-refractivity contribution in [3.05, 3.63) is 53.4 Å². The lowest BCUT2D eigenvalue weighted by Gasteiger charge is -1.91. The lowest BCUT2D eigenvalue weighted by Crippen LogP contribution is -3.00. The van der Waals surface area contributed by atoms with E-state index in [1.54, 1.807) is 10.3 Å². The molecule has 92 valence electrons. The lowest BCUT2D eigenvalue weighted by molar-refractivity contribution is -0.402. The summed E-state index contributed by atoms with van der Waals surface area (Å²) in [4.78, 5) is 4.63. The van der Waals surface area contributed by atoms with Crippen LogP contribution in [-0.2, 0) is 0 Å². The van der Waals surface area contributed by atoms with E-state index in [0.29, 0.717) is 0 Å². The van der Waals surface area contributed by atoms with Gasteiger partial charge in [0.2, 0.25) is 11.0 Å². The van der Waals surface area contributed by atoms with Crippen LogP contribution in [0.3, 0.4) is 0 Å². The van der Waals surface area contributed by atoms with Gasteiger partial charge < -0.3 is 12.4 Å². The summed E-state index contributed by atoms with van der Waals surface area (Å²) < 4.78 is 4.31. The quantitative estimate of drug-likeness (QED) is 0.569. The second-order valence-corrected chi connectivity index (χ2v) is 5.81. The van der Waals surface area contributed by atoms with Gasteiger partial charge in [0.15, 0.2) is 0 Å². The Morgan fingerprint density at radius 3 is 2.61 bits per heavy atom. The molecule has 1 aliphatic heterocycles. The fraction of sp³-hybridized carbons (Fsp3) is 0.0769. The van der Waals surface area contributed by atoms with Gasteiger partial charge in [-0.3, -0.25) is 0 Å². The molecule has 0 saturated heterocycles. The largest absolute Gasteiger partial charge is 1.00 e. The van der Waals surface area contributed by atoms with Crippen LogP contribution in [-0.4, -0.2) is 4.37 Å². The first kappa shape index (κ1) is 13.2. The van der Waals surface area contributed by atoms with Gasteiger partial charge in [0.1, 0.15) is 0 Å². The molecule has 0 amide bonds. The Bertz CT molecular complexity index is 670. The molecule has 0 atom stereocenters. The zero-order valence-electron chi connectivity index (χ0n) is 9.68. The summed E-state index contributed by atoms with van der Waals surface area (Å²) in [6, 6.07) is 14.7. The van der Waals surface area contributed by atoms with Crippen molar-refractivity contribution in [1.29, 1.82) is 0 Å². The topological polar surface area (TPSA) is 26.9 Å². The van der Waals surface area contributed by atoms with Crippen molar-refractivity contribution in [2.45, 2.75) is 6.92 Å². The number of hydrogen-bond donors (Lipinski definition) is 1. The highest BCUT2D eigenvalue weighted by Gasteiger charge is 2.06. The first-order chi connectivity index (χ1) is 8.31. The van der Waals surface area contributed by atoms with Crippen LogP contribution in [0.5, 0.6) is 0 Å². The molecule has 1 heterocycles. The number of nitrogens with one attached hydrogen (secondary N) is 1. The van der Waals surface area contributed by atoms with Crippen LogP contribution in [0.2, 0.25) is 0 Å². The Morgan fingerprint density at radius 2 is 1.83 bits per heavy atom. The van der Waals surface area contributed by atoms with E-state index in [0.717, 1.165) is 16.7 Å². The molecule has 2 nitrogen and oxygen atoms in total. The average molecular weight is 295 g/mol. The standard InChI is InChI=1S/C13H10N2S2.ClH/c1-9-2-4-10(5-3-9)14-11-6-7-12-13(8-11)16-17-15-12;/h2-8H,1H3;1H. The third-order valence-corrected chi connectivity index (χ3v) is 4.40. The Morgan fingerprint density at radius 1 is 1.06 bits per heavy atom. The minimum absolute atomic E-state index is 0. The molecule has 5 heteroatoms. The molecular formula is C13H11ClN2S2. The van der Waals surface area contributed by atoms with Gasteiger partial charge in [0, 0.05) is 34.8 Å². The van der Waals surface area contributed by atoms with Crippen LogP contribution in [0, 0.1) is 6.92 Å². The van der Waals surface area contributed by atoms with Gasteiger partial charge >= 0.3 is 0 Å². The van der Waals surface area contributed by atoms with E-state index in [4.69, 9.17) is 0 Å². The maximum Gasteiger partial charge on any atom is 0.205 e. The van der Waals surface area contributed by atoms with Crippen molar-refractivity contribution in [2.24, 2.45) is 0 Å². The van der Waals surface area contributed by atoms with E-state index in [1.165, 1.54) is 21.0 Å². The molecule has 0 radical (unpaired) electrons. The highest BCUT2D eigenvalue weighted by molar-refractivity contribution is 7.68. The minimum atomic E-state index is 0. The summed E-state index contributed by atoms with van der Waals surface area (Å²) in [6.45, 7) is 2.09. The summed E-state index contributed by atoms with van der Waals surface area (Å²) >= 11 is 0. The third-order valence-electron chi connectivity index (χ3n) is 2.56. The second-order valence-electron chi connectivity index (χ2n) is 3.92. The number of halogens is 1. The van der Waals surface area contributed by atoms with Crippen molar-refractivity contribution < 1.29 is 17.4 Å². The molecule has 0 fully saturated rings. The van der Waals surface area contributed by atoms with Gasteiger partial charge in [-0.2, -0.15) is 4.37 Å². The van der Waals surface area contributed by atoms with Crippen molar-refractivity contribution in [3.63, 3.8) is 0 Å². The fourth-order valence-electron chi connectivity index (χ4n) is 1.64. The molecule has 1 aromatic rings. The van der Waals surface area contributed by atoms with Gasteiger partial charge in [0.25, 0.3) is 0 Å². The molecule has 0 unspecified atom stereocenters. The number of aromatic nitrogens is 1. The van der Waals surface area contributed by atoms with Crippen LogP contribution >= 0.6 is 20.9 Å². The Balaban J connectivity index is 0.00000120. The van der Waals surface area contributed by atoms with E-state index in [-0.39, 0.29) is 12.4 Å². The molecule has 0 bridgehead atoms. The number of aryl methyl sites for hydroxylation is 1. The predicted molar refractivity (Wildman–Crippen MR) is 71.5 cm³/mol. The monoisotopic (exact) mass is 294 g/mol. The summed E-state index contributed by atoms with van der Waals surface area (Å²) in [7, 11) is 3.24. The Labute approximate surface area is 119 Å². The molecule has 1 aromatic carbocycles. The van der Waals surface area contributed by atoms with Crippen LogP contribution in [0.1, 0.15) is 5.56 Å². The highest BCUT2D eigenvalue weighted by Crippen LogP contribution is 2.25. The molecule has 2 aliphatic rings. The summed E-state index contributed by atoms with van der Waals surface area (Å²) in [5.41, 5.74) is 3.47. The van der Waals surface area contributed by atoms with E-state index in [2.05, 4.69) is 58.8 Å². The van der Waals surface area contributed by atoms with Gasteiger partial charge in [-0.1, -0.05) is 28.0 Å². The van der Waals surface area contributed by atoms with Crippen molar-refractivity contribution in [2.75, 3.05) is 0 Å². The zero-order valence-corrected chi connectivity index (χ0v) is 12.1. The normalized spacial score (nSPS) is 11.5. The predicted octanol–water partition coefficient (Wildman–Crippen LogP) is -1.07. The third kappa shape index (κ3) is 2.77. The number of fused-ring (bicyclic) bond motifs is 1. The average Bonchev–Trinajstić information content (AvgIpc) is 2.79. The van der Waals surface area contributed by atoms with Crippen molar-refractivity contribution in [1.82, 2.24) is 4.37 Å². The first-order valence-electron chi connectivity index (χ1n) is 5.34. The number of rotatable bonds is 1. The van der Waals surface area contributed by atoms with Crippen LogP contribution in [0.4, 0.5) is 5.69 Å². The summed E-state index contributed by atoms with van der Waals surface area (Å²) in [5.74, 6) is 0. The molecule has 0 spiro atoms. The fourth-order valence-corrected chi connectivity index (χ4v) is 3.42. The molecule has 1 N–H and O–H groups in total. The van der Waals surface area contributed by atoms with Crippen molar-refractivity contribution in [3.8, 4) is 10.6 Å². The highest BCUT2D eigenvalue weighted by atomic mass is 35.5. The molecule has 3 rings (SSSR count). The van der Waals surface area contributed by atoms with E-state index in [9.17, 15) is 0 Å². The van der Waals surface area contributed by atoms with Crippen molar-refractivity contribution >= 4 is 26.6 Å². The Kier molecular flexibility index (Phi) is 4.11. The molecule has 1 aliphatic carbocycles. The maximum atomic E-state index is 4.31. The number of benzene rings is 2. The van der Waals surface area contributed by atoms with E-state index < -0.39 is 0 Å². The zero-order chi connectivity index (χ0) is 11.7. The smallest absolute Gasteiger partial charge is 0.205 e. The SMILES string of the molecule is Cc1ccc([NH+]=c2ccc3nssc-3c2)cc1.[Cl-]. The molecule has 0 saturated carbocycles. The van der Waals surface area contributed by atoms with Crippen LogP contribution in [0.25, 0.3) is 10.6 Å². The molecular weight excluding hydrogens is 284 g/mol. The van der Waals surface area contributed by atoms with Crippen LogP contribution in [0.15, 0.2) is 42.5 Å². The number of hydrogen-bond acceptors (Lipinski definition) is 3. The first-order valence-corrected chi connectivity index (χ1v) is 7.44. The number of nitrogens with zero attached hydrogens (tertiary/aromatic N) is 1. The maximum absolute atomic E-state index is 4.31. The minimum Gasteiger partial charge on any atom is -1.00 e. The second kappa shape index (κ2) is 5.61. The lowest BCUT2D eigenvalue weighted by atomic mass is 10.2. The van der Waals surface area contributed by atoms with Gasteiger partial charge in [0.05, 0.1) is 10.6 Å². The summed E-state index contributed by atoms with van der Waals surface area (Å²) in [6.07, 6.45) is 0. The van der Waals surface area contributed by atoms with Gasteiger partial charge in [-0.25, -0.2) is 4.99 Å². The van der Waals surface area contributed by atoms with E-state index >= 15 is 0 Å². The van der Waals surface area contributed by atoms with E-state index in [1.807, 2.05) is 0 Å². The summed E-state index contributed by atoms with van der Waals surface area (Å²) in [5, 5.41) is 1.11. The Hall–Kier alpha value is -1.23. The van der Waals surface area contributed by atoms with Gasteiger partial charge in [-0.15, -0.1) is 0 Å². The molecule has 0 aromatic heterocycles. The van der Waals surface area contributed by atoms with Crippen LogP contribution < -0.4 is 22.8 Å².